The van der Waals surface area contributed by atoms with Crippen molar-refractivity contribution < 1.29 is 0 Å². The molecule has 6 heteroatoms. The average molecular weight is 268 g/mol. The van der Waals surface area contributed by atoms with Crippen LogP contribution in [0.25, 0.3) is 5.52 Å². The number of aromatic nitrogens is 5. The van der Waals surface area contributed by atoms with Crippen molar-refractivity contribution in [2.75, 3.05) is 5.32 Å². The minimum absolute atomic E-state index is 0.391. The van der Waals surface area contributed by atoms with Gasteiger partial charge in [-0.3, -0.25) is 0 Å². The normalized spacial score (nSPS) is 11.2. The van der Waals surface area contributed by atoms with Crippen molar-refractivity contribution >= 4 is 11.3 Å². The van der Waals surface area contributed by atoms with Gasteiger partial charge in [-0.15, -0.1) is 0 Å². The lowest BCUT2D eigenvalue weighted by atomic mass is 10.1. The van der Waals surface area contributed by atoms with E-state index in [4.69, 9.17) is 0 Å². The van der Waals surface area contributed by atoms with Crippen LogP contribution in [-0.4, -0.2) is 24.8 Å². The van der Waals surface area contributed by atoms with E-state index in [0.717, 1.165) is 22.7 Å². The molecule has 0 radical (unpaired) electrons. The van der Waals surface area contributed by atoms with Crippen LogP contribution in [0.1, 0.15) is 31.2 Å². The molecule has 3 rings (SSSR count). The molecule has 0 bridgehead atoms. The van der Waals surface area contributed by atoms with Gasteiger partial charge in [-0.2, -0.15) is 15.3 Å². The second kappa shape index (κ2) is 5.24. The predicted molar refractivity (Wildman–Crippen MR) is 76.4 cm³/mol. The van der Waals surface area contributed by atoms with E-state index in [1.165, 1.54) is 0 Å². The molecule has 20 heavy (non-hydrogen) atoms. The lowest BCUT2D eigenvalue weighted by Gasteiger charge is -2.05. The summed E-state index contributed by atoms with van der Waals surface area (Å²) in [6.07, 6.45) is 5.26. The molecule has 0 saturated heterocycles. The molecule has 1 N–H and O–H groups in total. The molecule has 3 heterocycles. The van der Waals surface area contributed by atoms with Gasteiger partial charge in [-0.05, 0) is 24.1 Å². The summed E-state index contributed by atoms with van der Waals surface area (Å²) in [5, 5.41) is 15.7. The van der Waals surface area contributed by atoms with Crippen LogP contribution in [0.15, 0.2) is 36.8 Å². The molecule has 0 atom stereocenters. The lowest BCUT2D eigenvalue weighted by Crippen LogP contribution is -2.05. The molecular weight excluding hydrogens is 252 g/mol. The minimum atomic E-state index is 0.391. The van der Waals surface area contributed by atoms with Crippen molar-refractivity contribution in [1.82, 2.24) is 24.8 Å². The maximum Gasteiger partial charge on any atom is 0.152 e. The summed E-state index contributed by atoms with van der Waals surface area (Å²) in [4.78, 5) is 4.37. The summed E-state index contributed by atoms with van der Waals surface area (Å²) in [5.41, 5.74) is 2.90. The molecule has 0 aliphatic rings. The Labute approximate surface area is 116 Å². The third kappa shape index (κ3) is 2.45. The van der Waals surface area contributed by atoms with Gasteiger partial charge < -0.3 is 5.32 Å². The van der Waals surface area contributed by atoms with Crippen LogP contribution < -0.4 is 5.32 Å². The van der Waals surface area contributed by atoms with Crippen molar-refractivity contribution in [3.63, 3.8) is 0 Å². The zero-order valence-electron chi connectivity index (χ0n) is 11.5. The Morgan fingerprint density at radius 2 is 2.20 bits per heavy atom. The van der Waals surface area contributed by atoms with E-state index in [0.29, 0.717) is 12.5 Å². The zero-order valence-corrected chi connectivity index (χ0v) is 11.5. The number of hydrogen-bond acceptors (Lipinski definition) is 5. The Kier molecular flexibility index (Phi) is 3.28. The van der Waals surface area contributed by atoms with Crippen LogP contribution in [0.2, 0.25) is 0 Å². The molecule has 0 amide bonds. The van der Waals surface area contributed by atoms with Gasteiger partial charge in [0.15, 0.2) is 5.82 Å². The number of nitrogens with zero attached hydrogens (tertiary/aromatic N) is 5. The van der Waals surface area contributed by atoms with Crippen molar-refractivity contribution in [2.45, 2.75) is 26.3 Å². The van der Waals surface area contributed by atoms with Crippen LogP contribution in [0, 0.1) is 0 Å². The third-order valence-electron chi connectivity index (χ3n) is 3.06. The predicted octanol–water partition coefficient (Wildman–Crippen LogP) is 2.25. The Balaban J connectivity index is 1.87. The third-order valence-corrected chi connectivity index (χ3v) is 3.06. The highest BCUT2D eigenvalue weighted by atomic mass is 15.2. The molecule has 102 valence electrons. The topological polar surface area (TPSA) is 68.0 Å². The summed E-state index contributed by atoms with van der Waals surface area (Å²) in [7, 11) is 0. The maximum absolute atomic E-state index is 4.54. The van der Waals surface area contributed by atoms with Crippen LogP contribution in [-0.2, 0) is 6.54 Å². The van der Waals surface area contributed by atoms with Crippen molar-refractivity contribution in [3.8, 4) is 0 Å². The fourth-order valence-corrected chi connectivity index (χ4v) is 1.96. The number of rotatable bonds is 4. The Bertz CT molecular complexity index is 704. The molecule has 0 unspecified atom stereocenters. The van der Waals surface area contributed by atoms with Crippen molar-refractivity contribution in [3.05, 3.63) is 48.2 Å². The Hall–Kier alpha value is -2.50. The summed E-state index contributed by atoms with van der Waals surface area (Å²) >= 11 is 0. The quantitative estimate of drug-likeness (QED) is 0.786. The summed E-state index contributed by atoms with van der Waals surface area (Å²) in [6.45, 7) is 4.84. The molecule has 0 spiro atoms. The van der Waals surface area contributed by atoms with Gasteiger partial charge in [0.1, 0.15) is 5.52 Å². The summed E-state index contributed by atoms with van der Waals surface area (Å²) in [6, 6.07) is 5.86. The largest absolute Gasteiger partial charge is 0.363 e. The average Bonchev–Trinajstić information content (AvgIpc) is 2.91. The van der Waals surface area contributed by atoms with Gasteiger partial charge >= 0.3 is 0 Å². The van der Waals surface area contributed by atoms with E-state index in [1.807, 2.05) is 22.8 Å². The van der Waals surface area contributed by atoms with E-state index in [1.54, 1.807) is 12.4 Å². The minimum Gasteiger partial charge on any atom is -0.363 e. The molecule has 0 fully saturated rings. The first-order valence-corrected chi connectivity index (χ1v) is 6.59. The standard InChI is InChI=1S/C14H16N6/c1-10(2)12-8-13-14(15-6-7-20(13)19-12)16-9-11-4-3-5-17-18-11/h3-8,10H,9H2,1-2H3,(H,15,16). The fraction of sp³-hybridized carbons (Fsp3) is 0.286. The van der Waals surface area contributed by atoms with E-state index < -0.39 is 0 Å². The van der Waals surface area contributed by atoms with Gasteiger partial charge in [-0.25, -0.2) is 9.50 Å². The molecule has 6 nitrogen and oxygen atoms in total. The molecule has 3 aromatic rings. The number of nitrogens with one attached hydrogen (secondary N) is 1. The summed E-state index contributed by atoms with van der Waals surface area (Å²) < 4.78 is 1.85. The number of anilines is 1. The highest BCUT2D eigenvalue weighted by Crippen LogP contribution is 2.20. The van der Waals surface area contributed by atoms with Crippen LogP contribution in [0.3, 0.4) is 0 Å². The highest BCUT2D eigenvalue weighted by molar-refractivity contribution is 5.67. The number of fused-ring (bicyclic) bond motifs is 1. The molecule has 0 aliphatic carbocycles. The second-order valence-electron chi connectivity index (χ2n) is 4.90. The molecule has 0 saturated carbocycles. The Morgan fingerprint density at radius 3 is 2.95 bits per heavy atom. The summed E-state index contributed by atoms with van der Waals surface area (Å²) in [5.74, 6) is 1.19. The van der Waals surface area contributed by atoms with Gasteiger partial charge in [0, 0.05) is 18.6 Å². The SMILES string of the molecule is CC(C)c1cc2c(NCc3cccnn3)nccn2n1. The highest BCUT2D eigenvalue weighted by Gasteiger charge is 2.09. The Morgan fingerprint density at radius 1 is 1.30 bits per heavy atom. The fourth-order valence-electron chi connectivity index (χ4n) is 1.96. The van der Waals surface area contributed by atoms with E-state index >= 15 is 0 Å². The van der Waals surface area contributed by atoms with Gasteiger partial charge in [0.05, 0.1) is 17.9 Å². The zero-order chi connectivity index (χ0) is 13.9. The smallest absolute Gasteiger partial charge is 0.152 e. The van der Waals surface area contributed by atoms with Crippen LogP contribution >= 0.6 is 0 Å². The second-order valence-corrected chi connectivity index (χ2v) is 4.90. The first-order chi connectivity index (χ1) is 9.74. The van der Waals surface area contributed by atoms with Gasteiger partial charge in [0.25, 0.3) is 0 Å². The van der Waals surface area contributed by atoms with Crippen LogP contribution in [0.4, 0.5) is 5.82 Å². The van der Waals surface area contributed by atoms with Crippen molar-refractivity contribution in [1.29, 1.82) is 0 Å². The van der Waals surface area contributed by atoms with E-state index in [-0.39, 0.29) is 0 Å². The molecule has 3 aromatic heterocycles. The monoisotopic (exact) mass is 268 g/mol. The van der Waals surface area contributed by atoms with E-state index in [2.05, 4.69) is 45.5 Å². The lowest BCUT2D eigenvalue weighted by molar-refractivity contribution is 0.786. The first-order valence-electron chi connectivity index (χ1n) is 6.59. The number of hydrogen-bond donors (Lipinski definition) is 1. The first kappa shape index (κ1) is 12.5. The van der Waals surface area contributed by atoms with Crippen molar-refractivity contribution in [2.24, 2.45) is 0 Å². The molecular formula is C14H16N6. The molecule has 0 aromatic carbocycles. The van der Waals surface area contributed by atoms with E-state index in [9.17, 15) is 0 Å². The van der Waals surface area contributed by atoms with Crippen LogP contribution in [0.5, 0.6) is 0 Å². The maximum atomic E-state index is 4.54. The molecule has 0 aliphatic heterocycles. The van der Waals surface area contributed by atoms with Gasteiger partial charge in [0.2, 0.25) is 0 Å². The van der Waals surface area contributed by atoms with Gasteiger partial charge in [-0.1, -0.05) is 13.8 Å².